The first-order chi connectivity index (χ1) is 20.4. The van der Waals surface area contributed by atoms with E-state index in [0.29, 0.717) is 31.4 Å². The molecule has 1 fully saturated rings. The van der Waals surface area contributed by atoms with E-state index < -0.39 is 11.9 Å². The van der Waals surface area contributed by atoms with Crippen LogP contribution in [0.25, 0.3) is 12.2 Å². The monoisotopic (exact) mass is 590 g/mol. The third-order valence-corrected chi connectivity index (χ3v) is 8.99. The summed E-state index contributed by atoms with van der Waals surface area (Å²) in [5, 5.41) is 24.9. The number of amides is 2. The first-order valence-electron chi connectivity index (χ1n) is 15.0. The van der Waals surface area contributed by atoms with Gasteiger partial charge in [0.05, 0.1) is 0 Å². The van der Waals surface area contributed by atoms with Crippen LogP contribution in [0.1, 0.15) is 98.4 Å². The fraction of sp³-hybridized carbons (Fsp3) is 0.455. The Kier molecular flexibility index (Phi) is 9.47. The van der Waals surface area contributed by atoms with E-state index in [0.717, 1.165) is 68.3 Å². The van der Waals surface area contributed by atoms with Gasteiger partial charge in [0.15, 0.2) is 0 Å². The lowest BCUT2D eigenvalue weighted by atomic mass is 9.92. The first-order valence-corrected chi connectivity index (χ1v) is 15.0. The Morgan fingerprint density at radius 3 is 1.84 bits per heavy atom. The second kappa shape index (κ2) is 12.9. The maximum atomic E-state index is 12.4. The number of hydrogen-bond donors (Lipinski definition) is 6. The summed E-state index contributed by atoms with van der Waals surface area (Å²) in [6.07, 6.45) is 6.27. The molecule has 2 aliphatic heterocycles. The van der Waals surface area contributed by atoms with Crippen LogP contribution in [0.2, 0.25) is 0 Å². The molecular weight excluding hydrogens is 548 g/mol. The Balaban J connectivity index is 1.78. The Labute approximate surface area is 251 Å². The van der Waals surface area contributed by atoms with E-state index in [1.165, 1.54) is 0 Å². The van der Waals surface area contributed by atoms with Crippen LogP contribution in [0.3, 0.4) is 0 Å². The molecule has 10 heteroatoms. The molecule has 2 amide bonds. The Morgan fingerprint density at radius 1 is 0.837 bits per heavy atom. The summed E-state index contributed by atoms with van der Waals surface area (Å²) in [6.45, 7) is 11.7. The smallest absolute Gasteiger partial charge is 0.303 e. The van der Waals surface area contributed by atoms with Gasteiger partial charge in [0.25, 0.3) is 5.91 Å². The zero-order chi connectivity index (χ0) is 31.6. The highest BCUT2D eigenvalue weighted by Gasteiger charge is 2.34. The van der Waals surface area contributed by atoms with Gasteiger partial charge in [-0.2, -0.15) is 0 Å². The average Bonchev–Trinajstić information content (AvgIpc) is 3.59. The summed E-state index contributed by atoms with van der Waals surface area (Å²) < 4.78 is 0. The standard InChI is InChI=1S/C33H42N4O6/c1-7-20-19(6)32(42)37-27(20)14-25-18(5)23(10-12-31(40)41)29(35-25)15-28-22(9-11-30(38)39)17(4)24(34-28)13-26-16(3)21(8-2)33(43)36-26/h13-14,19-20,34-35H,7-12,15H2,1-6H3,(H,36,43)(H,37,42)(H,38,39)(H,40,41)/b26-13-,27-14-/t19-,20-/m1/s1. The molecule has 6 N–H and O–H groups in total. The maximum Gasteiger partial charge on any atom is 0.303 e. The van der Waals surface area contributed by atoms with E-state index in [-0.39, 0.29) is 36.5 Å². The number of carbonyl (C=O) groups is 4. The molecule has 0 radical (unpaired) electrons. The molecule has 2 atom stereocenters. The van der Waals surface area contributed by atoms with Crippen molar-refractivity contribution in [1.29, 1.82) is 0 Å². The van der Waals surface area contributed by atoms with E-state index >= 15 is 0 Å². The van der Waals surface area contributed by atoms with Crippen LogP contribution in [0.15, 0.2) is 22.5 Å². The Morgan fingerprint density at radius 2 is 1.37 bits per heavy atom. The van der Waals surface area contributed by atoms with Crippen LogP contribution in [-0.2, 0) is 38.4 Å². The lowest BCUT2D eigenvalue weighted by Gasteiger charge is -2.11. The molecule has 0 unspecified atom stereocenters. The molecule has 0 aliphatic carbocycles. The lowest BCUT2D eigenvalue weighted by molar-refractivity contribution is -0.138. The van der Waals surface area contributed by atoms with Crippen molar-refractivity contribution in [1.82, 2.24) is 20.6 Å². The number of carboxylic acids is 2. The van der Waals surface area contributed by atoms with Crippen LogP contribution in [0, 0.1) is 25.7 Å². The van der Waals surface area contributed by atoms with Crippen molar-refractivity contribution in [3.63, 3.8) is 0 Å². The van der Waals surface area contributed by atoms with Crippen molar-refractivity contribution in [2.24, 2.45) is 11.8 Å². The Hall–Kier alpha value is -4.34. The number of nitrogens with one attached hydrogen (secondary N) is 4. The van der Waals surface area contributed by atoms with Gasteiger partial charge in [-0.05, 0) is 86.4 Å². The second-order valence-electron chi connectivity index (χ2n) is 11.6. The number of hydrogen-bond acceptors (Lipinski definition) is 4. The molecule has 1 saturated heterocycles. The molecule has 10 nitrogen and oxygen atoms in total. The Bertz CT molecular complexity index is 1570. The van der Waals surface area contributed by atoms with Gasteiger partial charge in [0.1, 0.15) is 0 Å². The van der Waals surface area contributed by atoms with Crippen molar-refractivity contribution in [3.8, 4) is 0 Å². The van der Waals surface area contributed by atoms with Crippen LogP contribution < -0.4 is 10.6 Å². The topological polar surface area (TPSA) is 164 Å². The summed E-state index contributed by atoms with van der Waals surface area (Å²) in [5.74, 6) is -1.95. The molecular formula is C33H42N4O6. The predicted octanol–water partition coefficient (Wildman–Crippen LogP) is 4.92. The third-order valence-electron chi connectivity index (χ3n) is 8.99. The molecule has 2 aliphatic rings. The molecule has 0 saturated carbocycles. The third kappa shape index (κ3) is 6.53. The quantitative estimate of drug-likeness (QED) is 0.206. The van der Waals surface area contributed by atoms with Crippen molar-refractivity contribution in [2.45, 2.75) is 86.5 Å². The number of carboxylic acid groups (broad SMARTS) is 2. The minimum absolute atomic E-state index is 0.00481. The van der Waals surface area contributed by atoms with Crippen molar-refractivity contribution in [3.05, 3.63) is 67.6 Å². The summed E-state index contributed by atoms with van der Waals surface area (Å²) in [5.41, 5.74) is 10.1. The second-order valence-corrected chi connectivity index (χ2v) is 11.6. The van der Waals surface area contributed by atoms with Crippen LogP contribution in [-0.4, -0.2) is 43.9 Å². The van der Waals surface area contributed by atoms with Crippen molar-refractivity contribution >= 4 is 35.9 Å². The number of rotatable bonds is 12. The van der Waals surface area contributed by atoms with E-state index in [1.54, 1.807) is 0 Å². The van der Waals surface area contributed by atoms with Gasteiger partial charge in [0.2, 0.25) is 5.91 Å². The van der Waals surface area contributed by atoms with Crippen LogP contribution >= 0.6 is 0 Å². The van der Waals surface area contributed by atoms with E-state index in [4.69, 9.17) is 0 Å². The zero-order valence-corrected chi connectivity index (χ0v) is 25.8. The fourth-order valence-corrected chi connectivity index (χ4v) is 6.36. The molecule has 43 heavy (non-hydrogen) atoms. The molecule has 230 valence electrons. The number of aliphatic carboxylic acids is 2. The molecule has 4 rings (SSSR count). The maximum absolute atomic E-state index is 12.4. The highest BCUT2D eigenvalue weighted by Crippen LogP contribution is 2.33. The minimum atomic E-state index is -0.897. The van der Waals surface area contributed by atoms with E-state index in [1.807, 2.05) is 46.8 Å². The molecule has 2 aromatic rings. The van der Waals surface area contributed by atoms with E-state index in [2.05, 4.69) is 27.5 Å². The normalized spacial score (nSPS) is 20.4. The summed E-state index contributed by atoms with van der Waals surface area (Å²) >= 11 is 0. The van der Waals surface area contributed by atoms with Gasteiger partial charge in [-0.15, -0.1) is 0 Å². The molecule has 4 heterocycles. The molecule has 0 bridgehead atoms. The van der Waals surface area contributed by atoms with Gasteiger partial charge in [-0.25, -0.2) is 0 Å². The number of H-pyrrole nitrogens is 2. The van der Waals surface area contributed by atoms with E-state index in [9.17, 15) is 29.4 Å². The van der Waals surface area contributed by atoms with Crippen molar-refractivity contribution in [2.75, 3.05) is 0 Å². The van der Waals surface area contributed by atoms with Gasteiger partial charge < -0.3 is 30.8 Å². The average molecular weight is 591 g/mol. The molecule has 0 aromatic carbocycles. The zero-order valence-electron chi connectivity index (χ0n) is 25.8. The van der Waals surface area contributed by atoms with Gasteiger partial charge in [-0.1, -0.05) is 20.8 Å². The predicted molar refractivity (Wildman–Crippen MR) is 164 cm³/mol. The van der Waals surface area contributed by atoms with Gasteiger partial charge in [0, 0.05) is 70.8 Å². The number of allylic oxidation sites excluding steroid dienone is 2. The summed E-state index contributed by atoms with van der Waals surface area (Å²) in [7, 11) is 0. The van der Waals surface area contributed by atoms with Crippen LogP contribution in [0.4, 0.5) is 0 Å². The highest BCUT2D eigenvalue weighted by atomic mass is 16.4. The number of carbonyl (C=O) groups excluding carboxylic acids is 2. The fourth-order valence-electron chi connectivity index (χ4n) is 6.36. The SMILES string of the molecule is CCC1=C(C)/C(=C/c2[nH]c(Cc3[nH]c(/C=C4\NC(=O)[C@H](C)[C@H]4CC)c(C)c3CCC(=O)O)c(CCC(=O)O)c2C)NC1=O. The minimum Gasteiger partial charge on any atom is -0.481 e. The molecule has 2 aromatic heterocycles. The summed E-state index contributed by atoms with van der Waals surface area (Å²) in [6, 6.07) is 0. The highest BCUT2D eigenvalue weighted by molar-refractivity contribution is 6.01. The van der Waals surface area contributed by atoms with Gasteiger partial charge in [-0.3, -0.25) is 19.2 Å². The van der Waals surface area contributed by atoms with Crippen LogP contribution in [0.5, 0.6) is 0 Å². The first kappa shape index (κ1) is 31.6. The summed E-state index contributed by atoms with van der Waals surface area (Å²) in [4.78, 5) is 54.9. The number of aromatic amines is 2. The lowest BCUT2D eigenvalue weighted by Crippen LogP contribution is -2.16. The molecule has 0 spiro atoms. The van der Waals surface area contributed by atoms with Gasteiger partial charge >= 0.3 is 11.9 Å². The largest absolute Gasteiger partial charge is 0.481 e. The van der Waals surface area contributed by atoms with Crippen molar-refractivity contribution < 1.29 is 29.4 Å². The number of aromatic nitrogens is 2.